The van der Waals surface area contributed by atoms with E-state index in [-0.39, 0.29) is 6.29 Å². The maximum absolute atomic E-state index is 9.01. The molecule has 5 nitrogen and oxygen atoms in total. The van der Waals surface area contributed by atoms with Crippen LogP contribution in [-0.4, -0.2) is 24.4 Å². The Morgan fingerprint density at radius 2 is 2.11 bits per heavy atom. The molecule has 2 aromatic rings. The lowest BCUT2D eigenvalue weighted by Crippen LogP contribution is -2.38. The van der Waals surface area contributed by atoms with Crippen molar-refractivity contribution in [2.75, 3.05) is 18.4 Å². The van der Waals surface area contributed by atoms with Gasteiger partial charge in [0.25, 0.3) is 0 Å². The number of nitriles is 1. The maximum Gasteiger partial charge on any atom is 0.132 e. The molecule has 0 aliphatic carbocycles. The summed E-state index contributed by atoms with van der Waals surface area (Å²) in [6, 6.07) is 6.20. The molecule has 0 radical (unpaired) electrons. The van der Waals surface area contributed by atoms with E-state index in [0.29, 0.717) is 5.56 Å². The lowest BCUT2D eigenvalue weighted by atomic mass is 10.1. The van der Waals surface area contributed by atoms with Gasteiger partial charge in [-0.2, -0.15) is 5.26 Å². The number of H-pyrrole nitrogens is 1. The second-order valence-electron chi connectivity index (χ2n) is 4.46. The highest BCUT2D eigenvalue weighted by atomic mass is 15.3. The number of aryl methyl sites for hydroxylation is 1. The molecule has 0 spiro atoms. The summed E-state index contributed by atoms with van der Waals surface area (Å²) in [5, 5.41) is 20.0. The number of nitrogens with zero attached hydrogens (tertiary/aromatic N) is 1. The molecule has 1 saturated heterocycles. The lowest BCUT2D eigenvalue weighted by molar-refractivity contribution is 0.620. The van der Waals surface area contributed by atoms with Crippen molar-refractivity contribution in [3.8, 4) is 6.07 Å². The Kier molecular flexibility index (Phi) is 2.67. The van der Waals surface area contributed by atoms with E-state index in [1.165, 1.54) is 0 Å². The number of benzene rings is 1. The fourth-order valence-corrected chi connectivity index (χ4v) is 2.36. The summed E-state index contributed by atoms with van der Waals surface area (Å²) in [5.41, 5.74) is 3.91. The number of anilines is 1. The average molecular weight is 241 g/mol. The third kappa shape index (κ3) is 1.72. The highest BCUT2D eigenvalue weighted by molar-refractivity contribution is 5.91. The Morgan fingerprint density at radius 3 is 2.83 bits per heavy atom. The number of aromatic amines is 1. The lowest BCUT2D eigenvalue weighted by Gasteiger charge is -2.16. The van der Waals surface area contributed by atoms with E-state index >= 15 is 0 Å². The van der Waals surface area contributed by atoms with Gasteiger partial charge < -0.3 is 10.3 Å². The maximum atomic E-state index is 9.01. The molecule has 0 unspecified atom stereocenters. The van der Waals surface area contributed by atoms with Crippen LogP contribution in [-0.2, 0) is 0 Å². The Bertz CT molecular complexity index is 616. The predicted octanol–water partition coefficient (Wildman–Crippen LogP) is 1.24. The van der Waals surface area contributed by atoms with Crippen molar-refractivity contribution >= 4 is 16.6 Å². The van der Waals surface area contributed by atoms with Crippen molar-refractivity contribution in [3.63, 3.8) is 0 Å². The van der Waals surface area contributed by atoms with Crippen LogP contribution < -0.4 is 16.0 Å². The molecule has 1 fully saturated rings. The predicted molar refractivity (Wildman–Crippen MR) is 71.2 cm³/mol. The van der Waals surface area contributed by atoms with Crippen LogP contribution in [0.1, 0.15) is 11.1 Å². The van der Waals surface area contributed by atoms with E-state index < -0.39 is 0 Å². The average Bonchev–Trinajstić information content (AvgIpc) is 3.02. The van der Waals surface area contributed by atoms with Crippen LogP contribution >= 0.6 is 0 Å². The van der Waals surface area contributed by atoms with Crippen LogP contribution in [0.25, 0.3) is 10.9 Å². The molecule has 0 saturated carbocycles. The van der Waals surface area contributed by atoms with Crippen molar-refractivity contribution in [1.82, 2.24) is 15.6 Å². The van der Waals surface area contributed by atoms with Gasteiger partial charge in [0, 0.05) is 30.4 Å². The molecule has 1 aliphatic heterocycles. The fourth-order valence-electron chi connectivity index (χ4n) is 2.36. The van der Waals surface area contributed by atoms with Crippen molar-refractivity contribution in [3.05, 3.63) is 29.5 Å². The van der Waals surface area contributed by atoms with E-state index in [4.69, 9.17) is 5.26 Å². The first-order valence-electron chi connectivity index (χ1n) is 6.03. The number of hydrogen-bond acceptors (Lipinski definition) is 4. The van der Waals surface area contributed by atoms with Crippen LogP contribution in [0.2, 0.25) is 0 Å². The zero-order valence-electron chi connectivity index (χ0n) is 10.2. The summed E-state index contributed by atoms with van der Waals surface area (Å²) in [4.78, 5) is 3.17. The Morgan fingerprint density at radius 1 is 1.33 bits per heavy atom. The van der Waals surface area contributed by atoms with E-state index in [2.05, 4.69) is 33.9 Å². The molecule has 1 aromatic heterocycles. The summed E-state index contributed by atoms with van der Waals surface area (Å²) in [6.45, 7) is 4.00. The molecule has 3 rings (SSSR count). The molecular weight excluding hydrogens is 226 g/mol. The number of hydrogen-bond donors (Lipinski definition) is 4. The smallest absolute Gasteiger partial charge is 0.132 e. The Balaban J connectivity index is 1.98. The van der Waals surface area contributed by atoms with Crippen LogP contribution in [0.15, 0.2) is 18.3 Å². The molecule has 5 heteroatoms. The second kappa shape index (κ2) is 4.33. The third-order valence-electron chi connectivity index (χ3n) is 3.36. The van der Waals surface area contributed by atoms with Crippen molar-refractivity contribution < 1.29 is 0 Å². The van der Waals surface area contributed by atoms with Crippen LogP contribution in [0.3, 0.4) is 0 Å². The van der Waals surface area contributed by atoms with E-state index in [1.54, 1.807) is 6.20 Å². The molecule has 18 heavy (non-hydrogen) atoms. The first kappa shape index (κ1) is 11.1. The van der Waals surface area contributed by atoms with E-state index in [1.807, 2.05) is 12.1 Å². The number of fused-ring (bicyclic) bond motifs is 1. The molecule has 0 atom stereocenters. The van der Waals surface area contributed by atoms with Crippen LogP contribution in [0, 0.1) is 18.3 Å². The van der Waals surface area contributed by atoms with Gasteiger partial charge in [-0.1, -0.05) is 0 Å². The van der Waals surface area contributed by atoms with Crippen molar-refractivity contribution in [1.29, 1.82) is 5.26 Å². The number of rotatable bonds is 2. The monoisotopic (exact) mass is 241 g/mol. The van der Waals surface area contributed by atoms with Crippen molar-refractivity contribution in [2.24, 2.45) is 0 Å². The third-order valence-corrected chi connectivity index (χ3v) is 3.36. The molecule has 4 N–H and O–H groups in total. The minimum Gasteiger partial charge on any atom is -0.360 e. The summed E-state index contributed by atoms with van der Waals surface area (Å²) in [5.74, 6) is 0. The molecule has 0 bridgehead atoms. The number of aromatic nitrogens is 1. The Labute approximate surface area is 105 Å². The topological polar surface area (TPSA) is 75.7 Å². The normalized spacial score (nSPS) is 16.0. The van der Waals surface area contributed by atoms with Crippen LogP contribution in [0.5, 0.6) is 0 Å². The van der Waals surface area contributed by atoms with Gasteiger partial charge in [0.1, 0.15) is 12.4 Å². The molecule has 1 aliphatic rings. The van der Waals surface area contributed by atoms with E-state index in [0.717, 1.165) is 35.2 Å². The quantitative estimate of drug-likeness (QED) is 0.638. The first-order valence-corrected chi connectivity index (χ1v) is 6.03. The first-order chi connectivity index (χ1) is 8.79. The summed E-state index contributed by atoms with van der Waals surface area (Å²) in [7, 11) is 0. The molecular formula is C13H15N5. The fraction of sp³-hybridized carbons (Fsp3) is 0.308. The van der Waals surface area contributed by atoms with Crippen molar-refractivity contribution in [2.45, 2.75) is 13.2 Å². The van der Waals surface area contributed by atoms with Gasteiger partial charge in [-0.25, -0.2) is 0 Å². The standard InChI is InChI=1S/C13H15N5/c1-8-11(18-13-15-4-5-16-13)3-2-10-9(6-14)7-17-12(8)10/h2-3,7,13,15-18H,4-5H2,1H3. The number of nitrogens with one attached hydrogen (secondary N) is 4. The van der Waals surface area contributed by atoms with Gasteiger partial charge in [0.05, 0.1) is 11.1 Å². The van der Waals surface area contributed by atoms with Gasteiger partial charge in [-0.15, -0.1) is 0 Å². The highest BCUT2D eigenvalue weighted by Crippen LogP contribution is 2.27. The molecule has 0 amide bonds. The van der Waals surface area contributed by atoms with Gasteiger partial charge >= 0.3 is 0 Å². The van der Waals surface area contributed by atoms with Crippen LogP contribution in [0.4, 0.5) is 5.69 Å². The van der Waals surface area contributed by atoms with Gasteiger partial charge in [-0.3, -0.25) is 10.6 Å². The largest absolute Gasteiger partial charge is 0.360 e. The minimum atomic E-state index is 0.117. The SMILES string of the molecule is Cc1c(NC2NCCN2)ccc2c(C#N)c[nH]c12. The minimum absolute atomic E-state index is 0.117. The van der Waals surface area contributed by atoms with Gasteiger partial charge in [0.2, 0.25) is 0 Å². The van der Waals surface area contributed by atoms with E-state index in [9.17, 15) is 0 Å². The summed E-state index contributed by atoms with van der Waals surface area (Å²) in [6.07, 6.45) is 1.87. The second-order valence-corrected chi connectivity index (χ2v) is 4.46. The summed E-state index contributed by atoms with van der Waals surface area (Å²) >= 11 is 0. The van der Waals surface area contributed by atoms with Gasteiger partial charge in [0.15, 0.2) is 0 Å². The highest BCUT2D eigenvalue weighted by Gasteiger charge is 2.14. The summed E-state index contributed by atoms with van der Waals surface area (Å²) < 4.78 is 0. The zero-order chi connectivity index (χ0) is 12.5. The Hall–Kier alpha value is -2.03. The zero-order valence-corrected chi connectivity index (χ0v) is 10.2. The van der Waals surface area contributed by atoms with Gasteiger partial charge in [-0.05, 0) is 24.6 Å². The molecule has 2 heterocycles. The molecule has 92 valence electrons. The molecule has 1 aromatic carbocycles.